The van der Waals surface area contributed by atoms with Crippen molar-refractivity contribution in [3.63, 3.8) is 0 Å². The highest BCUT2D eigenvalue weighted by atomic mass is 35.5. The van der Waals surface area contributed by atoms with Crippen LogP contribution in [0.25, 0.3) is 39.1 Å². The van der Waals surface area contributed by atoms with E-state index in [2.05, 4.69) is 30.3 Å². The highest BCUT2D eigenvalue weighted by Gasteiger charge is 2.18. The van der Waals surface area contributed by atoms with Crippen molar-refractivity contribution in [1.82, 2.24) is 14.8 Å². The summed E-state index contributed by atoms with van der Waals surface area (Å²) in [7, 11) is 0. The molecule has 0 radical (unpaired) electrons. The molecule has 5 heteroatoms. The lowest BCUT2D eigenvalue weighted by Crippen LogP contribution is -1.99. The summed E-state index contributed by atoms with van der Waals surface area (Å²) in [5.41, 5.74) is 6.67. The third kappa shape index (κ3) is 3.26. The first kappa shape index (κ1) is 18.9. The van der Waals surface area contributed by atoms with Gasteiger partial charge in [-0.25, -0.2) is 9.67 Å². The van der Waals surface area contributed by atoms with Gasteiger partial charge in [-0.1, -0.05) is 83.9 Å². The summed E-state index contributed by atoms with van der Waals surface area (Å²) in [6.07, 6.45) is 0. The number of nitrogens with zero attached hydrogens (tertiary/aromatic N) is 3. The van der Waals surface area contributed by atoms with Gasteiger partial charge in [0.25, 0.3) is 0 Å². The monoisotopic (exact) mass is 429 g/mol. The molecule has 0 unspecified atom stereocenters. The van der Waals surface area contributed by atoms with E-state index in [-0.39, 0.29) is 0 Å². The lowest BCUT2D eigenvalue weighted by Gasteiger charge is -2.10. The fourth-order valence-corrected chi connectivity index (χ4v) is 3.98. The number of hydrogen-bond acceptors (Lipinski definition) is 2. The van der Waals surface area contributed by atoms with Crippen LogP contribution in [0, 0.1) is 6.92 Å². The van der Waals surface area contributed by atoms with E-state index in [0.29, 0.717) is 10.0 Å². The van der Waals surface area contributed by atoms with Gasteiger partial charge in [0, 0.05) is 5.56 Å². The van der Waals surface area contributed by atoms with E-state index in [4.69, 9.17) is 33.3 Å². The van der Waals surface area contributed by atoms with E-state index < -0.39 is 0 Å². The molecule has 0 amide bonds. The maximum atomic E-state index is 6.28. The molecule has 0 fully saturated rings. The van der Waals surface area contributed by atoms with Crippen molar-refractivity contribution >= 4 is 34.2 Å². The van der Waals surface area contributed by atoms with E-state index in [1.54, 1.807) is 6.07 Å². The molecule has 0 saturated carbocycles. The van der Waals surface area contributed by atoms with Gasteiger partial charge in [-0.15, -0.1) is 0 Å². The molecule has 3 nitrogen and oxygen atoms in total. The van der Waals surface area contributed by atoms with Crippen molar-refractivity contribution in [2.45, 2.75) is 6.92 Å². The van der Waals surface area contributed by atoms with Gasteiger partial charge < -0.3 is 0 Å². The van der Waals surface area contributed by atoms with Crippen LogP contribution in [-0.4, -0.2) is 14.8 Å². The number of rotatable bonds is 3. The normalized spacial score (nSPS) is 11.2. The van der Waals surface area contributed by atoms with Crippen molar-refractivity contribution in [2.75, 3.05) is 0 Å². The molecule has 0 aliphatic heterocycles. The first-order valence-electron chi connectivity index (χ1n) is 9.58. The Morgan fingerprint density at radius 1 is 0.733 bits per heavy atom. The topological polar surface area (TPSA) is 30.7 Å². The Bertz CT molecular complexity index is 1360. The second kappa shape index (κ2) is 7.60. The van der Waals surface area contributed by atoms with Crippen LogP contribution >= 0.6 is 23.2 Å². The van der Waals surface area contributed by atoms with Crippen LogP contribution in [0.3, 0.4) is 0 Å². The van der Waals surface area contributed by atoms with Gasteiger partial charge in [0.1, 0.15) is 0 Å². The summed E-state index contributed by atoms with van der Waals surface area (Å²) in [5, 5.41) is 6.82. The number of fused-ring (bicyclic) bond motifs is 1. The Balaban J connectivity index is 1.85. The lowest BCUT2D eigenvalue weighted by atomic mass is 9.99. The van der Waals surface area contributed by atoms with E-state index in [0.717, 1.165) is 44.8 Å². The molecule has 0 N–H and O–H groups in total. The molecule has 0 bridgehead atoms. The van der Waals surface area contributed by atoms with Gasteiger partial charge in [-0.2, -0.15) is 5.10 Å². The molecule has 0 aliphatic rings. The first-order valence-corrected chi connectivity index (χ1v) is 10.3. The number of benzene rings is 3. The molecule has 0 spiro atoms. The average molecular weight is 430 g/mol. The molecule has 146 valence electrons. The Kier molecular flexibility index (Phi) is 4.78. The average Bonchev–Trinajstić information content (AvgIpc) is 3.13. The summed E-state index contributed by atoms with van der Waals surface area (Å²) < 4.78 is 1.84. The zero-order valence-electron chi connectivity index (χ0n) is 16.2. The molecule has 2 aromatic heterocycles. The number of pyridine rings is 1. The maximum Gasteiger partial charge on any atom is 0.164 e. The number of hydrogen-bond donors (Lipinski definition) is 0. The Labute approximate surface area is 184 Å². The van der Waals surface area contributed by atoms with Crippen LogP contribution in [0.15, 0.2) is 84.9 Å². The third-order valence-corrected chi connectivity index (χ3v) is 5.85. The third-order valence-electron chi connectivity index (χ3n) is 5.11. The van der Waals surface area contributed by atoms with Gasteiger partial charge in [-0.3, -0.25) is 0 Å². The molecule has 0 saturated heterocycles. The summed E-state index contributed by atoms with van der Waals surface area (Å²) in [5.74, 6) is 0. The van der Waals surface area contributed by atoms with Crippen LogP contribution in [0.5, 0.6) is 0 Å². The number of aromatic nitrogens is 3. The first-order chi connectivity index (χ1) is 14.6. The Morgan fingerprint density at radius 2 is 1.40 bits per heavy atom. The largest absolute Gasteiger partial charge is 0.228 e. The zero-order chi connectivity index (χ0) is 20.7. The molecular weight excluding hydrogens is 413 g/mol. The van der Waals surface area contributed by atoms with Gasteiger partial charge in [0.05, 0.1) is 32.5 Å². The van der Waals surface area contributed by atoms with Crippen molar-refractivity contribution in [2.24, 2.45) is 0 Å². The SMILES string of the molecule is Cc1nn(-c2ccc(Cl)c(Cl)c2)c2nc(-c3ccccc3)cc(-c3ccccc3)c12. The smallest absolute Gasteiger partial charge is 0.164 e. The maximum absolute atomic E-state index is 6.28. The summed E-state index contributed by atoms with van der Waals surface area (Å²) >= 11 is 12.4. The van der Waals surface area contributed by atoms with Crippen molar-refractivity contribution in [1.29, 1.82) is 0 Å². The molecule has 5 aromatic rings. The fraction of sp³-hybridized carbons (Fsp3) is 0.0400. The van der Waals surface area contributed by atoms with Crippen LogP contribution < -0.4 is 0 Å². The minimum Gasteiger partial charge on any atom is -0.228 e. The van der Waals surface area contributed by atoms with Gasteiger partial charge in [0.15, 0.2) is 5.65 Å². The second-order valence-electron chi connectivity index (χ2n) is 7.08. The summed E-state index contributed by atoms with van der Waals surface area (Å²) in [6.45, 7) is 2.01. The predicted molar refractivity (Wildman–Crippen MR) is 124 cm³/mol. The molecule has 0 aliphatic carbocycles. The predicted octanol–water partition coefficient (Wildman–Crippen LogP) is 7.37. The molecule has 2 heterocycles. The van der Waals surface area contributed by atoms with E-state index in [9.17, 15) is 0 Å². The van der Waals surface area contributed by atoms with Crippen LogP contribution in [-0.2, 0) is 0 Å². The second-order valence-corrected chi connectivity index (χ2v) is 7.90. The molecule has 3 aromatic carbocycles. The standard InChI is InChI=1S/C25H17Cl2N3/c1-16-24-20(17-8-4-2-5-9-17)15-23(18-10-6-3-7-11-18)28-25(24)30(29-16)19-12-13-21(26)22(27)14-19/h2-15H,1H3. The highest BCUT2D eigenvalue weighted by Crippen LogP contribution is 2.35. The zero-order valence-corrected chi connectivity index (χ0v) is 17.7. The Hall–Kier alpha value is -3.14. The van der Waals surface area contributed by atoms with E-state index >= 15 is 0 Å². The van der Waals surface area contributed by atoms with Crippen LogP contribution in [0.2, 0.25) is 10.0 Å². The van der Waals surface area contributed by atoms with Crippen LogP contribution in [0.4, 0.5) is 0 Å². The van der Waals surface area contributed by atoms with Gasteiger partial charge >= 0.3 is 0 Å². The van der Waals surface area contributed by atoms with E-state index in [1.165, 1.54) is 0 Å². The molecule has 30 heavy (non-hydrogen) atoms. The van der Waals surface area contributed by atoms with Crippen molar-refractivity contribution < 1.29 is 0 Å². The van der Waals surface area contributed by atoms with Gasteiger partial charge in [0.2, 0.25) is 0 Å². The Morgan fingerprint density at radius 3 is 2.07 bits per heavy atom. The lowest BCUT2D eigenvalue weighted by molar-refractivity contribution is 0.878. The minimum atomic E-state index is 0.484. The highest BCUT2D eigenvalue weighted by molar-refractivity contribution is 6.42. The van der Waals surface area contributed by atoms with E-state index in [1.807, 2.05) is 60.1 Å². The van der Waals surface area contributed by atoms with Crippen LogP contribution in [0.1, 0.15) is 5.69 Å². The molecule has 5 rings (SSSR count). The minimum absolute atomic E-state index is 0.484. The quantitative estimate of drug-likeness (QED) is 0.299. The summed E-state index contributed by atoms with van der Waals surface area (Å²) in [6, 6.07) is 28.1. The van der Waals surface area contributed by atoms with Crippen molar-refractivity contribution in [3.05, 3.63) is 101 Å². The molecule has 0 atom stereocenters. The van der Waals surface area contributed by atoms with Crippen molar-refractivity contribution in [3.8, 4) is 28.1 Å². The van der Waals surface area contributed by atoms with Gasteiger partial charge in [-0.05, 0) is 42.3 Å². The number of aryl methyl sites for hydroxylation is 1. The molecular formula is C25H17Cl2N3. The number of halogens is 2. The fourth-order valence-electron chi connectivity index (χ4n) is 3.69. The summed E-state index contributed by atoms with van der Waals surface area (Å²) in [4.78, 5) is 5.01.